The highest BCUT2D eigenvalue weighted by Crippen LogP contribution is 2.36. The molecule has 2 aromatic heterocycles. The number of hydrogen-bond acceptors (Lipinski definition) is 6. The van der Waals surface area contributed by atoms with Crippen LogP contribution in [0.25, 0.3) is 22.4 Å². The Bertz CT molecular complexity index is 947. The molecular weight excluding hydrogens is 330 g/mol. The SMILES string of the molecule is COc1ncc(-c2nc3cc(NCC4CC4)cc4c3n2CCCO4)cn1. The number of nitrogens with one attached hydrogen (secondary N) is 1. The molecule has 0 unspecified atom stereocenters. The second-order valence-corrected chi connectivity index (χ2v) is 6.91. The number of ether oxygens (including phenoxy) is 2. The van der Waals surface area contributed by atoms with E-state index in [1.54, 1.807) is 19.5 Å². The highest BCUT2D eigenvalue weighted by atomic mass is 16.5. The van der Waals surface area contributed by atoms with E-state index in [4.69, 9.17) is 14.5 Å². The molecule has 2 aliphatic rings. The Morgan fingerprint density at radius 3 is 2.88 bits per heavy atom. The smallest absolute Gasteiger partial charge is 0.316 e. The van der Waals surface area contributed by atoms with Crippen LogP contribution in [0.15, 0.2) is 24.5 Å². The minimum absolute atomic E-state index is 0.358. The number of rotatable bonds is 5. The molecule has 26 heavy (non-hydrogen) atoms. The first kappa shape index (κ1) is 15.4. The number of anilines is 1. The van der Waals surface area contributed by atoms with Crippen LogP contribution in [-0.2, 0) is 6.54 Å². The predicted molar refractivity (Wildman–Crippen MR) is 98.6 cm³/mol. The zero-order valence-electron chi connectivity index (χ0n) is 14.7. The first-order valence-corrected chi connectivity index (χ1v) is 9.09. The number of hydrogen-bond donors (Lipinski definition) is 1. The van der Waals surface area contributed by atoms with Crippen molar-refractivity contribution < 1.29 is 9.47 Å². The van der Waals surface area contributed by atoms with Crippen molar-refractivity contribution >= 4 is 16.7 Å². The third-order valence-corrected chi connectivity index (χ3v) is 4.95. The van der Waals surface area contributed by atoms with Gasteiger partial charge in [-0.25, -0.2) is 15.0 Å². The lowest BCUT2D eigenvalue weighted by molar-refractivity contribution is 0.316. The lowest BCUT2D eigenvalue weighted by Crippen LogP contribution is -2.03. The summed E-state index contributed by atoms with van der Waals surface area (Å²) in [7, 11) is 1.56. The highest BCUT2D eigenvalue weighted by Gasteiger charge is 2.23. The average Bonchev–Trinajstić information content (AvgIpc) is 3.46. The van der Waals surface area contributed by atoms with E-state index in [1.807, 2.05) is 0 Å². The van der Waals surface area contributed by atoms with Gasteiger partial charge in [-0.3, -0.25) is 0 Å². The summed E-state index contributed by atoms with van der Waals surface area (Å²) in [5.74, 6) is 2.58. The Hall–Kier alpha value is -2.83. The summed E-state index contributed by atoms with van der Waals surface area (Å²) in [4.78, 5) is 13.3. The molecule has 5 rings (SSSR count). The molecule has 1 fully saturated rings. The third-order valence-electron chi connectivity index (χ3n) is 4.95. The van der Waals surface area contributed by atoms with E-state index in [0.29, 0.717) is 12.6 Å². The number of aromatic nitrogens is 4. The van der Waals surface area contributed by atoms with Crippen LogP contribution in [0.4, 0.5) is 5.69 Å². The van der Waals surface area contributed by atoms with E-state index in [1.165, 1.54) is 12.8 Å². The predicted octanol–water partition coefficient (Wildman–Crippen LogP) is 3.11. The second kappa shape index (κ2) is 6.16. The van der Waals surface area contributed by atoms with Crippen LogP contribution in [0, 0.1) is 5.92 Å². The van der Waals surface area contributed by atoms with Gasteiger partial charge < -0.3 is 19.4 Å². The summed E-state index contributed by atoms with van der Waals surface area (Å²) in [6.45, 7) is 2.59. The van der Waals surface area contributed by atoms with Gasteiger partial charge in [-0.2, -0.15) is 0 Å². The standard InChI is InChI=1S/C19H21N5O2/c1-25-19-21-10-13(11-22-19)18-23-15-7-14(20-9-12-3-4-12)8-16-17(15)24(18)5-2-6-26-16/h7-8,10-12,20H,2-6,9H2,1H3. The van der Waals surface area contributed by atoms with Gasteiger partial charge in [0.15, 0.2) is 0 Å². The molecule has 3 heterocycles. The van der Waals surface area contributed by atoms with Crippen LogP contribution < -0.4 is 14.8 Å². The molecule has 3 aromatic rings. The maximum Gasteiger partial charge on any atom is 0.316 e. The van der Waals surface area contributed by atoms with Crippen LogP contribution in [-0.4, -0.2) is 39.8 Å². The second-order valence-electron chi connectivity index (χ2n) is 6.91. The van der Waals surface area contributed by atoms with E-state index < -0.39 is 0 Å². The van der Waals surface area contributed by atoms with Crippen molar-refractivity contribution in [2.75, 3.05) is 25.6 Å². The lowest BCUT2D eigenvalue weighted by atomic mass is 10.2. The molecule has 7 heteroatoms. The van der Waals surface area contributed by atoms with Gasteiger partial charge in [0, 0.05) is 37.2 Å². The summed E-state index contributed by atoms with van der Waals surface area (Å²) < 4.78 is 13.3. The Balaban J connectivity index is 1.60. The van der Waals surface area contributed by atoms with Gasteiger partial charge in [0.25, 0.3) is 0 Å². The number of methoxy groups -OCH3 is 1. The van der Waals surface area contributed by atoms with Gasteiger partial charge in [0.05, 0.1) is 24.8 Å². The average molecular weight is 351 g/mol. The normalized spacial score (nSPS) is 16.2. The summed E-state index contributed by atoms with van der Waals surface area (Å²) in [6, 6.07) is 4.57. The van der Waals surface area contributed by atoms with E-state index in [0.717, 1.165) is 59.3 Å². The molecule has 134 valence electrons. The molecule has 0 atom stereocenters. The maximum atomic E-state index is 6.02. The minimum atomic E-state index is 0.358. The molecule has 1 aromatic carbocycles. The molecule has 1 N–H and O–H groups in total. The number of nitrogens with zero attached hydrogens (tertiary/aromatic N) is 4. The summed E-state index contributed by atoms with van der Waals surface area (Å²) >= 11 is 0. The van der Waals surface area contributed by atoms with Gasteiger partial charge in [-0.15, -0.1) is 0 Å². The quantitative estimate of drug-likeness (QED) is 0.761. The fourth-order valence-corrected chi connectivity index (χ4v) is 3.41. The van der Waals surface area contributed by atoms with Gasteiger partial charge in [0.2, 0.25) is 0 Å². The Morgan fingerprint density at radius 1 is 1.27 bits per heavy atom. The molecule has 0 amide bonds. The van der Waals surface area contributed by atoms with Crippen molar-refractivity contribution in [2.24, 2.45) is 5.92 Å². The van der Waals surface area contributed by atoms with Gasteiger partial charge in [-0.05, 0) is 31.2 Å². The van der Waals surface area contributed by atoms with Crippen molar-refractivity contribution in [1.29, 1.82) is 0 Å². The lowest BCUT2D eigenvalue weighted by Gasteiger charge is -2.09. The van der Waals surface area contributed by atoms with Crippen molar-refractivity contribution in [3.05, 3.63) is 24.5 Å². The van der Waals surface area contributed by atoms with Gasteiger partial charge >= 0.3 is 6.01 Å². The minimum Gasteiger partial charge on any atom is -0.491 e. The first-order valence-electron chi connectivity index (χ1n) is 9.09. The summed E-state index contributed by atoms with van der Waals surface area (Å²) in [6.07, 6.45) is 7.11. The number of benzene rings is 1. The highest BCUT2D eigenvalue weighted by molar-refractivity contribution is 5.89. The van der Waals surface area contributed by atoms with Crippen LogP contribution in [0.2, 0.25) is 0 Å². The van der Waals surface area contributed by atoms with Gasteiger partial charge in [-0.1, -0.05) is 0 Å². The summed E-state index contributed by atoms with van der Waals surface area (Å²) in [5, 5.41) is 3.53. The molecule has 7 nitrogen and oxygen atoms in total. The fourth-order valence-electron chi connectivity index (χ4n) is 3.41. The van der Waals surface area contributed by atoms with E-state index >= 15 is 0 Å². The first-order chi connectivity index (χ1) is 12.8. The molecule has 1 aliphatic heterocycles. The molecule has 0 bridgehead atoms. The number of imidazole rings is 1. The fraction of sp³-hybridized carbons (Fsp3) is 0.421. The van der Waals surface area contributed by atoms with Crippen molar-refractivity contribution in [3.63, 3.8) is 0 Å². The Labute approximate surface area is 151 Å². The van der Waals surface area contributed by atoms with Crippen molar-refractivity contribution in [1.82, 2.24) is 19.5 Å². The molecule has 0 radical (unpaired) electrons. The van der Waals surface area contributed by atoms with E-state index in [-0.39, 0.29) is 0 Å². The third kappa shape index (κ3) is 2.73. The maximum absolute atomic E-state index is 6.02. The molecule has 1 saturated carbocycles. The number of aryl methyl sites for hydroxylation is 1. The largest absolute Gasteiger partial charge is 0.491 e. The molecule has 0 spiro atoms. The van der Waals surface area contributed by atoms with E-state index in [9.17, 15) is 0 Å². The molecular formula is C19H21N5O2. The van der Waals surface area contributed by atoms with Crippen LogP contribution in [0.5, 0.6) is 11.8 Å². The zero-order chi connectivity index (χ0) is 17.5. The Morgan fingerprint density at radius 2 is 2.12 bits per heavy atom. The van der Waals surface area contributed by atoms with Crippen LogP contribution in [0.3, 0.4) is 0 Å². The van der Waals surface area contributed by atoms with E-state index in [2.05, 4.69) is 32.0 Å². The molecule has 0 saturated heterocycles. The van der Waals surface area contributed by atoms with Gasteiger partial charge in [0.1, 0.15) is 17.1 Å². The topological polar surface area (TPSA) is 74.1 Å². The monoisotopic (exact) mass is 351 g/mol. The van der Waals surface area contributed by atoms with Crippen molar-refractivity contribution in [2.45, 2.75) is 25.8 Å². The zero-order valence-corrected chi connectivity index (χ0v) is 14.7. The molecule has 1 aliphatic carbocycles. The van der Waals surface area contributed by atoms with Crippen molar-refractivity contribution in [3.8, 4) is 23.1 Å². The van der Waals surface area contributed by atoms with Crippen LogP contribution in [0.1, 0.15) is 19.3 Å². The van der Waals surface area contributed by atoms with Crippen LogP contribution >= 0.6 is 0 Å². The Kier molecular flexibility index (Phi) is 3.65. The summed E-state index contributed by atoms with van der Waals surface area (Å²) in [5.41, 5.74) is 3.93.